The average molecular weight is 1070 g/mol. The van der Waals surface area contributed by atoms with Gasteiger partial charge in [0, 0.05) is 95.9 Å². The van der Waals surface area contributed by atoms with Crippen molar-refractivity contribution in [2.75, 3.05) is 97.4 Å². The van der Waals surface area contributed by atoms with Crippen LogP contribution in [0.5, 0.6) is 0 Å². The van der Waals surface area contributed by atoms with E-state index in [1.165, 1.54) is 28.3 Å². The zero-order chi connectivity index (χ0) is 52.6. The molecule has 2 unspecified atom stereocenters. The zero-order valence-corrected chi connectivity index (χ0v) is 46.9. The van der Waals surface area contributed by atoms with Gasteiger partial charge in [-0.1, -0.05) is 86.0 Å². The molecule has 15 heteroatoms. The Bertz CT molecular complexity index is 2900. The molecule has 3 fully saturated rings. The van der Waals surface area contributed by atoms with Gasteiger partial charge >= 0.3 is 7.52 Å². The highest BCUT2D eigenvalue weighted by Gasteiger charge is 2.41. The first-order valence-electron chi connectivity index (χ1n) is 26.9. The Morgan fingerprint density at radius 1 is 0.813 bits per heavy atom. The zero-order valence-electron chi connectivity index (χ0n) is 44.4. The molecule has 9 rings (SSSR count). The Labute approximate surface area is 451 Å². The minimum absolute atomic E-state index is 0.0710. The minimum atomic E-state index is -3.69. The molecule has 0 amide bonds. The molecule has 1 aliphatic carbocycles. The van der Waals surface area contributed by atoms with Crippen LogP contribution >= 0.6 is 19.3 Å². The SMILES string of the molecule is CC1=C(S(C)=O)C(c2cccc(N3CCN(c4ccc(N5CCO[P@@]5(=O)c5ccc(N[C@H](CCN6CCC(CO)CC6)CSc6ccccc6)c([N+](=O)[O-])c5)cc4)CC3)c2)=C(c2ccc(C)cc2)C(CCC(C)C)C1. The van der Waals surface area contributed by atoms with Gasteiger partial charge in [-0.05, 0) is 154 Å². The molecule has 0 aromatic heterocycles. The Morgan fingerprint density at radius 3 is 2.17 bits per heavy atom. The fraction of sp³-hybridized carbons (Fsp3) is 0.433. The van der Waals surface area contributed by atoms with E-state index in [9.17, 15) is 24.0 Å². The summed E-state index contributed by atoms with van der Waals surface area (Å²) in [7, 11) is -4.85. The summed E-state index contributed by atoms with van der Waals surface area (Å²) in [5.41, 5.74) is 10.5. The summed E-state index contributed by atoms with van der Waals surface area (Å²) in [5, 5.41) is 26.2. The van der Waals surface area contributed by atoms with Gasteiger partial charge in [-0.2, -0.15) is 0 Å². The largest absolute Gasteiger partial charge is 0.396 e. The third-order valence-corrected chi connectivity index (χ3v) is 20.4. The number of nitro benzene ring substituents is 1. The molecule has 5 aromatic rings. The van der Waals surface area contributed by atoms with Crippen LogP contribution in [0.1, 0.15) is 76.0 Å². The van der Waals surface area contributed by atoms with Gasteiger partial charge < -0.3 is 29.6 Å². The van der Waals surface area contributed by atoms with Crippen molar-refractivity contribution in [3.05, 3.63) is 159 Å². The van der Waals surface area contributed by atoms with Crippen molar-refractivity contribution in [1.82, 2.24) is 4.90 Å². The number of hydrogen-bond acceptors (Lipinski definition) is 11. The topological polar surface area (TPSA) is 132 Å². The number of anilines is 4. The number of benzene rings is 5. The Kier molecular flexibility index (Phi) is 18.1. The summed E-state index contributed by atoms with van der Waals surface area (Å²) in [6.07, 6.45) is 7.69. The number of piperazine rings is 1. The van der Waals surface area contributed by atoms with Gasteiger partial charge in [0.15, 0.2) is 0 Å². The Morgan fingerprint density at radius 2 is 1.51 bits per heavy atom. The second kappa shape index (κ2) is 24.8. The summed E-state index contributed by atoms with van der Waals surface area (Å²) in [6, 6.07) is 40.8. The van der Waals surface area contributed by atoms with Crippen LogP contribution in [0.4, 0.5) is 28.4 Å². The number of aliphatic hydroxyl groups excluding tert-OH is 1. The van der Waals surface area contributed by atoms with Crippen molar-refractivity contribution in [2.45, 2.75) is 77.2 Å². The van der Waals surface area contributed by atoms with Crippen LogP contribution in [0.3, 0.4) is 0 Å². The van der Waals surface area contributed by atoms with E-state index >= 15 is 0 Å². The number of nitro groups is 1. The smallest absolute Gasteiger partial charge is 0.326 e. The first kappa shape index (κ1) is 54.6. The minimum Gasteiger partial charge on any atom is -0.396 e. The van der Waals surface area contributed by atoms with Crippen LogP contribution in [0, 0.1) is 34.8 Å². The summed E-state index contributed by atoms with van der Waals surface area (Å²) in [6.45, 7) is 15.7. The molecular formula is C60H75N6O6PS2. The quantitative estimate of drug-likeness (QED) is 0.0333. The molecule has 0 spiro atoms. The van der Waals surface area contributed by atoms with E-state index in [0.717, 1.165) is 122 Å². The summed E-state index contributed by atoms with van der Waals surface area (Å²) in [5.74, 6) is 2.00. The molecule has 0 saturated carbocycles. The molecule has 12 nitrogen and oxygen atoms in total. The van der Waals surface area contributed by atoms with E-state index in [-0.39, 0.29) is 24.9 Å². The molecule has 4 atom stereocenters. The monoisotopic (exact) mass is 1070 g/mol. The molecule has 3 heterocycles. The van der Waals surface area contributed by atoms with Crippen molar-refractivity contribution in [3.63, 3.8) is 0 Å². The lowest BCUT2D eigenvalue weighted by atomic mass is 9.75. The third kappa shape index (κ3) is 13.0. The molecule has 5 aromatic carbocycles. The predicted molar refractivity (Wildman–Crippen MR) is 313 cm³/mol. The van der Waals surface area contributed by atoms with Gasteiger partial charge in [0.25, 0.3) is 5.69 Å². The molecule has 0 radical (unpaired) electrons. The number of rotatable bonds is 20. The van der Waals surface area contributed by atoms with Gasteiger partial charge in [0.1, 0.15) is 5.69 Å². The van der Waals surface area contributed by atoms with Crippen LogP contribution in [0.25, 0.3) is 11.1 Å². The van der Waals surface area contributed by atoms with Gasteiger partial charge in [0.2, 0.25) is 0 Å². The van der Waals surface area contributed by atoms with Crippen molar-refractivity contribution < 1.29 is 23.3 Å². The number of hydrogen-bond donors (Lipinski definition) is 2. The average Bonchev–Trinajstić information content (AvgIpc) is 3.84. The lowest BCUT2D eigenvalue weighted by molar-refractivity contribution is -0.383. The van der Waals surface area contributed by atoms with E-state index in [1.807, 2.05) is 36.6 Å². The predicted octanol–water partition coefficient (Wildman–Crippen LogP) is 12.3. The van der Waals surface area contributed by atoms with Crippen LogP contribution < -0.4 is 25.1 Å². The van der Waals surface area contributed by atoms with Crippen molar-refractivity contribution in [2.24, 2.45) is 17.8 Å². The fourth-order valence-electron chi connectivity index (χ4n) is 11.4. The number of nitrogens with one attached hydrogen (secondary N) is 1. The highest BCUT2D eigenvalue weighted by Crippen LogP contribution is 2.56. The van der Waals surface area contributed by atoms with Crippen molar-refractivity contribution in [1.29, 1.82) is 0 Å². The second-order valence-electron chi connectivity index (χ2n) is 21.3. The van der Waals surface area contributed by atoms with Gasteiger partial charge in [0.05, 0.1) is 34.2 Å². The molecule has 3 saturated heterocycles. The van der Waals surface area contributed by atoms with E-state index in [2.05, 4.69) is 121 Å². The third-order valence-electron chi connectivity index (χ3n) is 15.6. The lowest BCUT2D eigenvalue weighted by Gasteiger charge is -2.38. The fourth-order valence-corrected chi connectivity index (χ4v) is 15.7. The second-order valence-corrected chi connectivity index (χ2v) is 26.0. The molecule has 2 N–H and O–H groups in total. The van der Waals surface area contributed by atoms with Crippen molar-refractivity contribution >= 4 is 75.0 Å². The number of thioether (sulfide) groups is 1. The number of aliphatic hydroxyl groups is 1. The van der Waals surface area contributed by atoms with Crippen LogP contribution in [0.15, 0.2) is 137 Å². The van der Waals surface area contributed by atoms with E-state index < -0.39 is 23.2 Å². The van der Waals surface area contributed by atoms with Crippen LogP contribution in [0.2, 0.25) is 0 Å². The summed E-state index contributed by atoms with van der Waals surface area (Å²) >= 11 is 1.72. The van der Waals surface area contributed by atoms with Crippen LogP contribution in [-0.2, 0) is 19.9 Å². The molecule has 3 aliphatic heterocycles. The number of piperidine rings is 1. The number of nitrogens with zero attached hydrogens (tertiary/aromatic N) is 5. The maximum absolute atomic E-state index is 15.0. The lowest BCUT2D eigenvalue weighted by Crippen LogP contribution is -2.46. The Hall–Kier alpha value is -5.21. The van der Waals surface area contributed by atoms with E-state index in [4.69, 9.17) is 4.52 Å². The Balaban J connectivity index is 0.886. The van der Waals surface area contributed by atoms with E-state index in [1.54, 1.807) is 28.6 Å². The highest BCUT2D eigenvalue weighted by atomic mass is 32.2. The van der Waals surface area contributed by atoms with Gasteiger partial charge in [-0.3, -0.25) is 23.6 Å². The normalized spacial score (nSPS) is 20.8. The first-order chi connectivity index (χ1) is 36.3. The number of likely N-dealkylation sites (tertiary alicyclic amines) is 1. The van der Waals surface area contributed by atoms with Crippen LogP contribution in [-0.4, -0.2) is 103 Å². The molecule has 75 heavy (non-hydrogen) atoms. The molecule has 4 aliphatic rings. The van der Waals surface area contributed by atoms with E-state index in [0.29, 0.717) is 41.0 Å². The summed E-state index contributed by atoms with van der Waals surface area (Å²) < 4.78 is 36.5. The maximum Gasteiger partial charge on any atom is 0.326 e. The van der Waals surface area contributed by atoms with Gasteiger partial charge in [-0.25, -0.2) is 0 Å². The number of allylic oxidation sites excluding steroid dienone is 3. The maximum atomic E-state index is 15.0. The first-order valence-corrected chi connectivity index (χ1v) is 31.0. The molecule has 398 valence electrons. The highest BCUT2D eigenvalue weighted by molar-refractivity contribution is 7.99. The standard InChI is InChI=1S/C60H75N6O6PS2/c1-43(2)14-17-49-38-45(4)60(75(5)71)59(58(49)47-18-15-44(3)16-19-47)48-10-9-11-53(39-48)64-34-32-63(33-35-64)51-20-22-52(23-21-51)65-36-37-72-73(65,70)54-24-25-56(57(40-54)66(68)69)61-50(42-74-55-12-7-6-8-13-55)28-31-62-29-26-46(41-67)27-30-62/h6-13,15-16,18-25,39-40,43,46,49-50,61,67H,14,17,26-38,41-42H2,1-5H3/t49?,50-,73+,75?/m1/s1. The van der Waals surface area contributed by atoms with Crippen molar-refractivity contribution in [3.8, 4) is 0 Å². The molecular weight excluding hydrogens is 996 g/mol. The summed E-state index contributed by atoms with van der Waals surface area (Å²) in [4.78, 5) is 21.7. The van der Waals surface area contributed by atoms with Gasteiger partial charge in [-0.15, -0.1) is 11.8 Å². The molecule has 0 bridgehead atoms. The number of aryl methyl sites for hydroxylation is 1.